The summed E-state index contributed by atoms with van der Waals surface area (Å²) >= 11 is 0. The van der Waals surface area contributed by atoms with E-state index in [1.54, 1.807) is 7.11 Å². The second-order valence-corrected chi connectivity index (χ2v) is 8.97. The maximum absolute atomic E-state index is 12.4. The minimum Gasteiger partial charge on any atom is -0.497 e. The molecule has 1 N–H and O–H groups in total. The molecule has 4 rings (SSSR count). The van der Waals surface area contributed by atoms with Gasteiger partial charge >= 0.3 is 0 Å². The number of piperazine rings is 1. The zero-order valence-electron chi connectivity index (χ0n) is 19.1. The van der Waals surface area contributed by atoms with Crippen LogP contribution in [-0.2, 0) is 4.79 Å². The first-order valence-electron chi connectivity index (χ1n) is 11.8. The van der Waals surface area contributed by atoms with E-state index >= 15 is 0 Å². The molecule has 2 heterocycles. The van der Waals surface area contributed by atoms with E-state index in [1.165, 1.54) is 12.0 Å². The molecule has 2 saturated heterocycles. The summed E-state index contributed by atoms with van der Waals surface area (Å²) in [5.41, 5.74) is 1.37. The Balaban J connectivity index is 1.17. The summed E-state index contributed by atoms with van der Waals surface area (Å²) in [7, 11) is 3.57. The maximum atomic E-state index is 12.4. The van der Waals surface area contributed by atoms with E-state index < -0.39 is 0 Å². The van der Waals surface area contributed by atoms with Gasteiger partial charge in [-0.25, -0.2) is 0 Å². The van der Waals surface area contributed by atoms with Gasteiger partial charge in [0.05, 0.1) is 7.11 Å². The highest BCUT2D eigenvalue weighted by Gasteiger charge is 2.31. The van der Waals surface area contributed by atoms with Crippen LogP contribution in [-0.4, -0.2) is 93.1 Å². The van der Waals surface area contributed by atoms with E-state index in [1.807, 2.05) is 19.2 Å². The smallest absolute Gasteiger partial charge is 0.225 e. The van der Waals surface area contributed by atoms with Gasteiger partial charge in [-0.15, -0.1) is 0 Å². The third-order valence-corrected chi connectivity index (χ3v) is 7.14. The van der Waals surface area contributed by atoms with E-state index in [9.17, 15) is 4.79 Å². The van der Waals surface area contributed by atoms with Gasteiger partial charge in [0.2, 0.25) is 5.91 Å². The molecule has 31 heavy (non-hydrogen) atoms. The predicted molar refractivity (Wildman–Crippen MR) is 124 cm³/mol. The first-order valence-corrected chi connectivity index (χ1v) is 11.8. The third-order valence-electron chi connectivity index (χ3n) is 7.14. The largest absolute Gasteiger partial charge is 0.497 e. The highest BCUT2D eigenvalue weighted by molar-refractivity contribution is 5.80. The molecule has 1 aromatic carbocycles. The Morgan fingerprint density at radius 3 is 2.42 bits per heavy atom. The number of hydrogen-bond acceptors (Lipinski definition) is 4. The molecule has 1 saturated carbocycles. The van der Waals surface area contributed by atoms with Gasteiger partial charge in [-0.05, 0) is 37.0 Å². The number of carbonyl (C=O) groups is 1. The molecule has 0 aromatic heterocycles. The van der Waals surface area contributed by atoms with Crippen LogP contribution in [0.3, 0.4) is 0 Å². The number of likely N-dealkylation sites (tertiary alicyclic amines) is 1. The molecule has 3 aliphatic rings. The van der Waals surface area contributed by atoms with E-state index in [2.05, 4.69) is 37.1 Å². The lowest BCUT2D eigenvalue weighted by molar-refractivity contribution is -0.139. The van der Waals surface area contributed by atoms with Crippen LogP contribution in [0.4, 0.5) is 0 Å². The Morgan fingerprint density at radius 1 is 1.06 bits per heavy atom. The number of benzene rings is 1. The molecular weight excluding hydrogens is 390 g/mol. The summed E-state index contributed by atoms with van der Waals surface area (Å²) in [4.78, 5) is 23.8. The van der Waals surface area contributed by atoms with Gasteiger partial charge in [0.1, 0.15) is 5.75 Å². The lowest BCUT2D eigenvalue weighted by Gasteiger charge is -2.38. The molecule has 7 nitrogen and oxygen atoms in total. The number of carbonyl (C=O) groups excluding carboxylic acids is 1. The number of amides is 1. The van der Waals surface area contributed by atoms with Crippen molar-refractivity contribution in [2.75, 3.05) is 66.5 Å². The zero-order chi connectivity index (χ0) is 21.6. The fourth-order valence-corrected chi connectivity index (χ4v) is 4.86. The summed E-state index contributed by atoms with van der Waals surface area (Å²) in [5.74, 6) is 3.15. The lowest BCUT2D eigenvalue weighted by atomic mass is 9.84. The molecule has 1 atom stereocenters. The molecule has 1 aliphatic carbocycles. The maximum Gasteiger partial charge on any atom is 0.225 e. The quantitative estimate of drug-likeness (QED) is 0.556. The Morgan fingerprint density at radius 2 is 1.81 bits per heavy atom. The molecule has 7 heteroatoms. The molecule has 0 bridgehead atoms. The fourth-order valence-electron chi connectivity index (χ4n) is 4.86. The number of nitrogens with one attached hydrogen (secondary N) is 1. The Labute approximate surface area is 186 Å². The fraction of sp³-hybridized carbons (Fsp3) is 0.667. The standard InChI is InChI=1S/C24H37N5O2/c1-25-24(29-12-10-21(18-29)19-6-8-22(31-2)9-7-19)26-11-13-27-14-16-28(17-15-27)23(30)20-4-3-5-20/h6-9,20-21H,3-5,10-18H2,1-2H3,(H,25,26). The van der Waals surface area contributed by atoms with Crippen LogP contribution in [0.1, 0.15) is 37.2 Å². The number of hydrogen-bond donors (Lipinski definition) is 1. The number of aliphatic imine (C=N–C) groups is 1. The van der Waals surface area contributed by atoms with Crippen LogP contribution in [0.15, 0.2) is 29.3 Å². The second-order valence-electron chi connectivity index (χ2n) is 8.97. The van der Waals surface area contributed by atoms with Crippen molar-refractivity contribution >= 4 is 11.9 Å². The van der Waals surface area contributed by atoms with Gasteiger partial charge in [-0.2, -0.15) is 0 Å². The highest BCUT2D eigenvalue weighted by Crippen LogP contribution is 2.29. The number of rotatable bonds is 6. The highest BCUT2D eigenvalue weighted by atomic mass is 16.5. The molecule has 0 spiro atoms. The van der Waals surface area contributed by atoms with Crippen molar-refractivity contribution in [3.8, 4) is 5.75 Å². The summed E-state index contributed by atoms with van der Waals surface area (Å²) in [6, 6.07) is 8.45. The van der Waals surface area contributed by atoms with Crippen LogP contribution in [0.25, 0.3) is 0 Å². The van der Waals surface area contributed by atoms with Gasteiger partial charge in [0, 0.05) is 71.2 Å². The van der Waals surface area contributed by atoms with Crippen molar-refractivity contribution < 1.29 is 9.53 Å². The first kappa shape index (κ1) is 21.9. The second kappa shape index (κ2) is 10.4. The molecule has 0 radical (unpaired) electrons. The van der Waals surface area contributed by atoms with Gasteiger partial charge in [-0.3, -0.25) is 14.7 Å². The molecule has 1 unspecified atom stereocenters. The average molecular weight is 428 g/mol. The van der Waals surface area contributed by atoms with Crippen LogP contribution >= 0.6 is 0 Å². The summed E-state index contributed by atoms with van der Waals surface area (Å²) in [5, 5.41) is 3.55. The van der Waals surface area contributed by atoms with E-state index in [4.69, 9.17) is 4.74 Å². The summed E-state index contributed by atoms with van der Waals surface area (Å²) in [6.07, 6.45) is 4.56. The van der Waals surface area contributed by atoms with Crippen molar-refractivity contribution in [1.29, 1.82) is 0 Å². The van der Waals surface area contributed by atoms with Crippen LogP contribution < -0.4 is 10.1 Å². The zero-order valence-corrected chi connectivity index (χ0v) is 19.1. The van der Waals surface area contributed by atoms with E-state index in [-0.39, 0.29) is 0 Å². The number of guanidine groups is 1. The van der Waals surface area contributed by atoms with Crippen molar-refractivity contribution in [3.05, 3.63) is 29.8 Å². The Bertz CT molecular complexity index is 754. The van der Waals surface area contributed by atoms with Gasteiger partial charge in [0.15, 0.2) is 5.96 Å². The van der Waals surface area contributed by atoms with Gasteiger partial charge in [0.25, 0.3) is 0 Å². The third kappa shape index (κ3) is 5.32. The minimum atomic E-state index is 0.318. The monoisotopic (exact) mass is 427 g/mol. The van der Waals surface area contributed by atoms with Crippen LogP contribution in [0, 0.1) is 5.92 Å². The van der Waals surface area contributed by atoms with Gasteiger partial charge in [-0.1, -0.05) is 18.6 Å². The first-order chi connectivity index (χ1) is 15.2. The minimum absolute atomic E-state index is 0.318. The molecule has 1 amide bonds. The van der Waals surface area contributed by atoms with Gasteiger partial charge < -0.3 is 19.9 Å². The van der Waals surface area contributed by atoms with Crippen molar-refractivity contribution in [2.45, 2.75) is 31.6 Å². The average Bonchev–Trinajstić information content (AvgIpc) is 3.26. The predicted octanol–water partition coefficient (Wildman–Crippen LogP) is 2.00. The number of methoxy groups -OCH3 is 1. The SMILES string of the molecule is CN=C(NCCN1CCN(C(=O)C2CCC2)CC1)N1CCC(c2ccc(OC)cc2)C1. The Hall–Kier alpha value is -2.28. The molecule has 170 valence electrons. The summed E-state index contributed by atoms with van der Waals surface area (Å²) in [6.45, 7) is 7.59. The van der Waals surface area contributed by atoms with Crippen molar-refractivity contribution in [1.82, 2.24) is 20.0 Å². The normalized spacial score (nSPS) is 23.0. The molecule has 3 fully saturated rings. The van der Waals surface area contributed by atoms with Crippen molar-refractivity contribution in [3.63, 3.8) is 0 Å². The van der Waals surface area contributed by atoms with Crippen LogP contribution in [0.5, 0.6) is 5.75 Å². The number of nitrogens with zero attached hydrogens (tertiary/aromatic N) is 4. The molecule has 2 aliphatic heterocycles. The topological polar surface area (TPSA) is 60.4 Å². The molecular formula is C24H37N5O2. The van der Waals surface area contributed by atoms with E-state index in [0.29, 0.717) is 17.7 Å². The molecule has 1 aromatic rings. The number of ether oxygens (including phenoxy) is 1. The lowest BCUT2D eigenvalue weighted by Crippen LogP contribution is -2.52. The van der Waals surface area contributed by atoms with Crippen LogP contribution in [0.2, 0.25) is 0 Å². The van der Waals surface area contributed by atoms with Crippen molar-refractivity contribution in [2.24, 2.45) is 10.9 Å². The van der Waals surface area contributed by atoms with E-state index in [0.717, 1.165) is 83.3 Å². The Kier molecular flexibility index (Phi) is 7.33. The summed E-state index contributed by atoms with van der Waals surface area (Å²) < 4.78 is 5.28.